The lowest BCUT2D eigenvalue weighted by atomic mass is 9.85. The molecule has 1 saturated carbocycles. The maximum absolute atomic E-state index is 3.81. The fraction of sp³-hybridized carbons (Fsp3) is 1.00. The Balaban J connectivity index is 2.11. The van der Waals surface area contributed by atoms with Gasteiger partial charge in [-0.3, -0.25) is 0 Å². The van der Waals surface area contributed by atoms with E-state index in [1.807, 2.05) is 0 Å². The molecule has 1 fully saturated rings. The van der Waals surface area contributed by atoms with E-state index in [0.717, 1.165) is 10.7 Å². The zero-order valence-corrected chi connectivity index (χ0v) is 9.78. The van der Waals surface area contributed by atoms with Crippen LogP contribution in [0.3, 0.4) is 0 Å². The van der Waals surface area contributed by atoms with Crippen LogP contribution in [0.1, 0.15) is 58.3 Å². The van der Waals surface area contributed by atoms with Crippen molar-refractivity contribution in [3.63, 3.8) is 0 Å². The van der Waals surface area contributed by atoms with Crippen molar-refractivity contribution in [2.24, 2.45) is 5.92 Å². The smallest absolute Gasteiger partial charge is 0.0174 e. The van der Waals surface area contributed by atoms with Crippen LogP contribution in [0.5, 0.6) is 0 Å². The van der Waals surface area contributed by atoms with Crippen molar-refractivity contribution in [2.75, 3.05) is 0 Å². The molecule has 0 nitrogen and oxygen atoms in total. The fourth-order valence-electron chi connectivity index (χ4n) is 2.14. The summed E-state index contributed by atoms with van der Waals surface area (Å²) < 4.78 is 0. The number of hydrogen-bond acceptors (Lipinski definition) is 0. The zero-order chi connectivity index (χ0) is 8.81. The van der Waals surface area contributed by atoms with Gasteiger partial charge in [0, 0.05) is 4.83 Å². The minimum absolute atomic E-state index is 0.836. The predicted octanol–water partition coefficient (Wildman–Crippen LogP) is 4.52. The van der Waals surface area contributed by atoms with E-state index in [-0.39, 0.29) is 0 Å². The average molecular weight is 233 g/mol. The summed E-state index contributed by atoms with van der Waals surface area (Å²) in [6.07, 6.45) is 11.5. The standard InChI is InChI=1S/C11H21Br/c1-2-3-4-7-10-8-5-6-9-11(10)12/h10-11H,2-9H2,1H3. The maximum atomic E-state index is 3.81. The van der Waals surface area contributed by atoms with Gasteiger partial charge in [-0.2, -0.15) is 0 Å². The minimum Gasteiger partial charge on any atom is -0.0888 e. The van der Waals surface area contributed by atoms with Gasteiger partial charge < -0.3 is 0 Å². The largest absolute Gasteiger partial charge is 0.0888 e. The second kappa shape index (κ2) is 6.01. The van der Waals surface area contributed by atoms with Crippen molar-refractivity contribution in [1.82, 2.24) is 0 Å². The van der Waals surface area contributed by atoms with Gasteiger partial charge in [-0.1, -0.05) is 55.0 Å². The monoisotopic (exact) mass is 232 g/mol. The third-order valence-corrected chi connectivity index (χ3v) is 4.20. The lowest BCUT2D eigenvalue weighted by molar-refractivity contribution is 0.344. The first-order valence-electron chi connectivity index (χ1n) is 5.48. The van der Waals surface area contributed by atoms with Crippen LogP contribution in [0, 0.1) is 5.92 Å². The number of rotatable bonds is 4. The second-order valence-electron chi connectivity index (χ2n) is 4.06. The highest BCUT2D eigenvalue weighted by Crippen LogP contribution is 2.33. The maximum Gasteiger partial charge on any atom is 0.0174 e. The molecule has 1 rings (SSSR count). The molecule has 1 aliphatic carbocycles. The molecule has 2 unspecified atom stereocenters. The van der Waals surface area contributed by atoms with E-state index in [2.05, 4.69) is 22.9 Å². The molecule has 72 valence electrons. The Morgan fingerprint density at radius 1 is 1.17 bits per heavy atom. The molecule has 1 heteroatoms. The molecule has 1 aliphatic rings. The van der Waals surface area contributed by atoms with Crippen molar-refractivity contribution in [2.45, 2.75) is 63.1 Å². The molecule has 0 heterocycles. The van der Waals surface area contributed by atoms with Crippen LogP contribution >= 0.6 is 15.9 Å². The molecule has 0 aliphatic heterocycles. The van der Waals surface area contributed by atoms with Crippen LogP contribution in [0.4, 0.5) is 0 Å². The molecule has 2 atom stereocenters. The molecule has 0 aromatic carbocycles. The van der Waals surface area contributed by atoms with E-state index in [4.69, 9.17) is 0 Å². The molecule has 0 aromatic heterocycles. The van der Waals surface area contributed by atoms with Crippen molar-refractivity contribution in [3.05, 3.63) is 0 Å². The Morgan fingerprint density at radius 3 is 2.58 bits per heavy atom. The van der Waals surface area contributed by atoms with Gasteiger partial charge in [0.05, 0.1) is 0 Å². The number of unbranched alkanes of at least 4 members (excludes halogenated alkanes) is 2. The van der Waals surface area contributed by atoms with E-state index in [9.17, 15) is 0 Å². The van der Waals surface area contributed by atoms with E-state index < -0.39 is 0 Å². The van der Waals surface area contributed by atoms with Gasteiger partial charge in [-0.05, 0) is 25.2 Å². The molecule has 12 heavy (non-hydrogen) atoms. The number of alkyl halides is 1. The Kier molecular flexibility index (Phi) is 5.29. The first-order valence-corrected chi connectivity index (χ1v) is 6.40. The molecule has 0 radical (unpaired) electrons. The minimum atomic E-state index is 0.836. The summed E-state index contributed by atoms with van der Waals surface area (Å²) in [6.45, 7) is 2.28. The van der Waals surface area contributed by atoms with E-state index in [0.29, 0.717) is 0 Å². The van der Waals surface area contributed by atoms with Crippen LogP contribution in [-0.4, -0.2) is 4.83 Å². The van der Waals surface area contributed by atoms with Gasteiger partial charge in [-0.25, -0.2) is 0 Å². The van der Waals surface area contributed by atoms with Crippen molar-refractivity contribution in [3.8, 4) is 0 Å². The second-order valence-corrected chi connectivity index (χ2v) is 5.23. The van der Waals surface area contributed by atoms with Gasteiger partial charge in [0.25, 0.3) is 0 Å². The number of halogens is 1. The summed E-state index contributed by atoms with van der Waals surface area (Å²) in [7, 11) is 0. The van der Waals surface area contributed by atoms with Crippen LogP contribution in [-0.2, 0) is 0 Å². The zero-order valence-electron chi connectivity index (χ0n) is 8.19. The van der Waals surface area contributed by atoms with Gasteiger partial charge in [0.1, 0.15) is 0 Å². The molecule has 0 saturated heterocycles. The topological polar surface area (TPSA) is 0 Å². The summed E-state index contributed by atoms with van der Waals surface area (Å²) in [5, 5.41) is 0. The summed E-state index contributed by atoms with van der Waals surface area (Å²) in [5.41, 5.74) is 0. The first-order chi connectivity index (χ1) is 5.84. The Bertz CT molecular complexity index is 112. The summed E-state index contributed by atoms with van der Waals surface area (Å²) in [5.74, 6) is 0.991. The lowest BCUT2D eigenvalue weighted by Gasteiger charge is -2.27. The highest BCUT2D eigenvalue weighted by atomic mass is 79.9. The third kappa shape index (κ3) is 3.47. The Labute approximate surface area is 85.3 Å². The highest BCUT2D eigenvalue weighted by Gasteiger charge is 2.21. The predicted molar refractivity (Wildman–Crippen MR) is 58.8 cm³/mol. The number of hydrogen-bond donors (Lipinski definition) is 0. The van der Waals surface area contributed by atoms with Crippen molar-refractivity contribution >= 4 is 15.9 Å². The van der Waals surface area contributed by atoms with E-state index >= 15 is 0 Å². The van der Waals surface area contributed by atoms with Crippen LogP contribution in [0.2, 0.25) is 0 Å². The summed E-state index contributed by atoms with van der Waals surface area (Å²) in [6, 6.07) is 0. The van der Waals surface area contributed by atoms with E-state index in [1.54, 1.807) is 0 Å². The van der Waals surface area contributed by atoms with Crippen molar-refractivity contribution < 1.29 is 0 Å². The van der Waals surface area contributed by atoms with Gasteiger partial charge >= 0.3 is 0 Å². The fourth-order valence-corrected chi connectivity index (χ4v) is 3.00. The van der Waals surface area contributed by atoms with Gasteiger partial charge in [0.2, 0.25) is 0 Å². The molecule has 0 spiro atoms. The molecule has 0 bridgehead atoms. The quantitative estimate of drug-likeness (QED) is 0.494. The molecular formula is C11H21Br. The molecule has 0 N–H and O–H groups in total. The Hall–Kier alpha value is 0.480. The molecule has 0 amide bonds. The Morgan fingerprint density at radius 2 is 1.92 bits per heavy atom. The normalized spacial score (nSPS) is 30.5. The van der Waals surface area contributed by atoms with Gasteiger partial charge in [-0.15, -0.1) is 0 Å². The lowest BCUT2D eigenvalue weighted by Crippen LogP contribution is -2.18. The van der Waals surface area contributed by atoms with Crippen LogP contribution < -0.4 is 0 Å². The van der Waals surface area contributed by atoms with Gasteiger partial charge in [0.15, 0.2) is 0 Å². The van der Waals surface area contributed by atoms with E-state index in [1.165, 1.54) is 51.4 Å². The summed E-state index contributed by atoms with van der Waals surface area (Å²) >= 11 is 3.81. The third-order valence-electron chi connectivity index (χ3n) is 2.99. The first kappa shape index (κ1) is 10.6. The van der Waals surface area contributed by atoms with Crippen LogP contribution in [0.15, 0.2) is 0 Å². The SMILES string of the molecule is CCCCCC1CCCCC1Br. The average Bonchev–Trinajstić information content (AvgIpc) is 2.09. The molecular weight excluding hydrogens is 212 g/mol. The summed E-state index contributed by atoms with van der Waals surface area (Å²) in [4.78, 5) is 0.836. The van der Waals surface area contributed by atoms with Crippen molar-refractivity contribution in [1.29, 1.82) is 0 Å². The molecule has 0 aromatic rings. The highest BCUT2D eigenvalue weighted by molar-refractivity contribution is 9.09. The van der Waals surface area contributed by atoms with Crippen LogP contribution in [0.25, 0.3) is 0 Å².